The molecule has 0 bridgehead atoms. The summed E-state index contributed by atoms with van der Waals surface area (Å²) in [4.78, 5) is 10.5. The van der Waals surface area contributed by atoms with Crippen molar-refractivity contribution in [1.29, 1.82) is 0 Å². The summed E-state index contributed by atoms with van der Waals surface area (Å²) < 4.78 is 28.1. The van der Waals surface area contributed by atoms with E-state index in [0.29, 0.717) is 10.6 Å². The Kier molecular flexibility index (Phi) is 6.04. The first-order valence-electron chi connectivity index (χ1n) is 5.88. The van der Waals surface area contributed by atoms with Crippen molar-refractivity contribution in [2.75, 3.05) is 18.1 Å². The summed E-state index contributed by atoms with van der Waals surface area (Å²) in [6, 6.07) is 4.87. The van der Waals surface area contributed by atoms with Crippen LogP contribution < -0.4 is 4.74 Å². The number of ether oxygens (including phenoxy) is 1. The summed E-state index contributed by atoms with van der Waals surface area (Å²) in [5.41, 5.74) is 0.480. The molecule has 1 N–H and O–H groups in total. The molecule has 0 aromatic heterocycles. The highest BCUT2D eigenvalue weighted by atomic mass is 35.5. The minimum Gasteiger partial charge on any atom is -0.490 e. The van der Waals surface area contributed by atoms with Crippen molar-refractivity contribution in [3.05, 3.63) is 34.9 Å². The van der Waals surface area contributed by atoms with Gasteiger partial charge in [0.2, 0.25) is 0 Å². The summed E-state index contributed by atoms with van der Waals surface area (Å²) in [7, 11) is -3.12. The van der Waals surface area contributed by atoms with Gasteiger partial charge in [0, 0.05) is 17.4 Å². The first kappa shape index (κ1) is 16.5. The quantitative estimate of drug-likeness (QED) is 0.780. The molecule has 7 heteroatoms. The van der Waals surface area contributed by atoms with E-state index in [1.165, 1.54) is 6.08 Å². The normalized spacial score (nSPS) is 11.7. The van der Waals surface area contributed by atoms with Gasteiger partial charge in [-0.05, 0) is 12.1 Å². The highest BCUT2D eigenvalue weighted by Gasteiger charge is 2.11. The molecule has 20 heavy (non-hydrogen) atoms. The predicted molar refractivity (Wildman–Crippen MR) is 77.9 cm³/mol. The van der Waals surface area contributed by atoms with E-state index in [4.69, 9.17) is 21.4 Å². The van der Waals surface area contributed by atoms with Crippen LogP contribution in [-0.4, -0.2) is 37.6 Å². The monoisotopic (exact) mass is 318 g/mol. The van der Waals surface area contributed by atoms with Crippen molar-refractivity contribution in [3.8, 4) is 5.75 Å². The lowest BCUT2D eigenvalue weighted by molar-refractivity contribution is -0.131. The Morgan fingerprint density at radius 3 is 2.75 bits per heavy atom. The Morgan fingerprint density at radius 2 is 2.15 bits per heavy atom. The Labute approximate surface area is 122 Å². The number of sulfone groups is 1. The lowest BCUT2D eigenvalue weighted by Crippen LogP contribution is -2.16. The van der Waals surface area contributed by atoms with Gasteiger partial charge in [0.15, 0.2) is 9.84 Å². The molecule has 0 saturated carbocycles. The number of rotatable bonds is 7. The molecule has 0 unspecified atom stereocenters. The van der Waals surface area contributed by atoms with Crippen LogP contribution in [0.4, 0.5) is 0 Å². The molecular weight excluding hydrogens is 304 g/mol. The fraction of sp³-hybridized carbons (Fsp3) is 0.308. The summed E-state index contributed by atoms with van der Waals surface area (Å²) in [5, 5.41) is 8.91. The zero-order valence-electron chi connectivity index (χ0n) is 10.9. The Balaban J connectivity index is 2.86. The van der Waals surface area contributed by atoms with E-state index in [1.807, 2.05) is 0 Å². The van der Waals surface area contributed by atoms with E-state index < -0.39 is 15.8 Å². The second-order valence-corrected chi connectivity index (χ2v) is 6.79. The summed E-state index contributed by atoms with van der Waals surface area (Å²) in [5.74, 6) is -0.885. The highest BCUT2D eigenvalue weighted by Crippen LogP contribution is 2.29. The highest BCUT2D eigenvalue weighted by molar-refractivity contribution is 7.91. The van der Waals surface area contributed by atoms with Gasteiger partial charge in [-0.15, -0.1) is 0 Å². The molecule has 0 aliphatic heterocycles. The van der Waals surface area contributed by atoms with Gasteiger partial charge in [-0.2, -0.15) is 0 Å². The van der Waals surface area contributed by atoms with Crippen LogP contribution in [-0.2, 0) is 14.6 Å². The standard InChI is InChI=1S/C13H15ClO5S/c1-2-20(17,18)9-8-19-13-10(6-7-12(15)16)4-3-5-11(13)14/h3-7H,2,8-9H2,1H3,(H,15,16)/b7-6+. The lowest BCUT2D eigenvalue weighted by Gasteiger charge is -2.11. The molecule has 110 valence electrons. The van der Waals surface area contributed by atoms with Gasteiger partial charge in [0.05, 0.1) is 10.8 Å². The molecule has 0 aliphatic carbocycles. The molecular formula is C13H15ClO5S. The molecule has 0 heterocycles. The second-order valence-electron chi connectivity index (χ2n) is 3.91. The molecule has 0 radical (unpaired) electrons. The minimum atomic E-state index is -3.12. The average molecular weight is 319 g/mol. The topological polar surface area (TPSA) is 80.7 Å². The van der Waals surface area contributed by atoms with Gasteiger partial charge in [0.1, 0.15) is 12.4 Å². The largest absolute Gasteiger partial charge is 0.490 e. The van der Waals surface area contributed by atoms with E-state index in [9.17, 15) is 13.2 Å². The van der Waals surface area contributed by atoms with Gasteiger partial charge in [-0.25, -0.2) is 13.2 Å². The Morgan fingerprint density at radius 1 is 1.45 bits per heavy atom. The Hall–Kier alpha value is -1.53. The first-order valence-corrected chi connectivity index (χ1v) is 8.08. The van der Waals surface area contributed by atoms with Gasteiger partial charge in [0.25, 0.3) is 0 Å². The predicted octanol–water partition coefficient (Wildman–Crippen LogP) is 2.25. The van der Waals surface area contributed by atoms with Crippen molar-refractivity contribution in [2.45, 2.75) is 6.92 Å². The van der Waals surface area contributed by atoms with Crippen LogP contribution in [0.3, 0.4) is 0 Å². The van der Waals surface area contributed by atoms with Gasteiger partial charge < -0.3 is 9.84 Å². The van der Waals surface area contributed by atoms with E-state index >= 15 is 0 Å². The molecule has 0 aliphatic rings. The molecule has 0 saturated heterocycles. The maximum Gasteiger partial charge on any atom is 0.328 e. The molecule has 0 fully saturated rings. The summed E-state index contributed by atoms with van der Waals surface area (Å²) in [6.45, 7) is 1.53. The number of carbonyl (C=O) groups is 1. The van der Waals surface area contributed by atoms with E-state index in [2.05, 4.69) is 0 Å². The first-order chi connectivity index (χ1) is 9.35. The van der Waals surface area contributed by atoms with Crippen molar-refractivity contribution < 1.29 is 23.1 Å². The third kappa shape index (κ3) is 5.22. The number of hydrogen-bond acceptors (Lipinski definition) is 4. The van der Waals surface area contributed by atoms with Crippen molar-refractivity contribution in [2.24, 2.45) is 0 Å². The zero-order valence-corrected chi connectivity index (χ0v) is 12.4. The molecule has 0 atom stereocenters. The number of halogens is 1. The second kappa shape index (κ2) is 7.31. The molecule has 1 aromatic carbocycles. The number of carboxylic acids is 1. The van der Waals surface area contributed by atoms with Crippen LogP contribution in [0.5, 0.6) is 5.75 Å². The maximum atomic E-state index is 11.4. The van der Waals surface area contributed by atoms with Gasteiger partial charge >= 0.3 is 5.97 Å². The average Bonchev–Trinajstić information content (AvgIpc) is 2.38. The van der Waals surface area contributed by atoms with E-state index in [-0.39, 0.29) is 23.9 Å². The van der Waals surface area contributed by atoms with E-state index in [0.717, 1.165) is 6.08 Å². The van der Waals surface area contributed by atoms with Crippen LogP contribution in [0.15, 0.2) is 24.3 Å². The van der Waals surface area contributed by atoms with Crippen LogP contribution >= 0.6 is 11.6 Å². The van der Waals surface area contributed by atoms with Crippen molar-refractivity contribution in [1.82, 2.24) is 0 Å². The molecule has 1 aromatic rings. The molecule has 0 spiro atoms. The third-order valence-electron chi connectivity index (χ3n) is 2.48. The summed E-state index contributed by atoms with van der Waals surface area (Å²) >= 11 is 5.97. The zero-order chi connectivity index (χ0) is 15.2. The van der Waals surface area contributed by atoms with Crippen molar-refractivity contribution in [3.63, 3.8) is 0 Å². The van der Waals surface area contributed by atoms with Crippen LogP contribution in [0.1, 0.15) is 12.5 Å². The van der Waals surface area contributed by atoms with Crippen LogP contribution in [0.2, 0.25) is 5.02 Å². The van der Waals surface area contributed by atoms with Gasteiger partial charge in [-0.1, -0.05) is 30.7 Å². The third-order valence-corrected chi connectivity index (χ3v) is 4.45. The van der Waals surface area contributed by atoms with Crippen molar-refractivity contribution >= 4 is 33.5 Å². The molecule has 1 rings (SSSR count). The number of para-hydroxylation sites is 1. The molecule has 5 nitrogen and oxygen atoms in total. The number of hydrogen-bond donors (Lipinski definition) is 1. The summed E-state index contributed by atoms with van der Waals surface area (Å²) in [6.07, 6.45) is 2.30. The lowest BCUT2D eigenvalue weighted by atomic mass is 10.2. The number of benzene rings is 1. The fourth-order valence-corrected chi connectivity index (χ4v) is 2.25. The molecule has 0 amide bonds. The number of aliphatic carboxylic acids is 1. The fourth-order valence-electron chi connectivity index (χ4n) is 1.39. The smallest absolute Gasteiger partial charge is 0.328 e. The van der Waals surface area contributed by atoms with E-state index in [1.54, 1.807) is 25.1 Å². The van der Waals surface area contributed by atoms with Crippen LogP contribution in [0, 0.1) is 0 Å². The number of carboxylic acid groups (broad SMARTS) is 1. The maximum absolute atomic E-state index is 11.4. The van der Waals surface area contributed by atoms with Crippen LogP contribution in [0.25, 0.3) is 6.08 Å². The SMILES string of the molecule is CCS(=O)(=O)CCOc1c(Cl)cccc1/C=C/C(=O)O. The Bertz CT molecular complexity index is 607. The minimum absolute atomic E-state index is 0.0339. The van der Waals surface area contributed by atoms with Gasteiger partial charge in [-0.3, -0.25) is 0 Å².